The Labute approximate surface area is 178 Å². The number of hydrogen-bond donors (Lipinski definition) is 3. The first-order valence-electron chi connectivity index (χ1n) is 11.5. The van der Waals surface area contributed by atoms with Gasteiger partial charge in [-0.15, -0.1) is 0 Å². The van der Waals surface area contributed by atoms with Crippen molar-refractivity contribution >= 4 is 11.9 Å². The Morgan fingerprint density at radius 3 is 1.28 bits per heavy atom. The van der Waals surface area contributed by atoms with E-state index in [2.05, 4.69) is 28.1 Å². The summed E-state index contributed by atoms with van der Waals surface area (Å²) in [6.07, 6.45) is 17.8. The lowest BCUT2D eigenvalue weighted by atomic mass is 10.0. The topological polar surface area (TPSA) is 94.8 Å². The first-order chi connectivity index (χ1) is 13.6. The number of carboxylic acid groups (broad SMARTS) is 2. The van der Waals surface area contributed by atoms with E-state index in [9.17, 15) is 9.59 Å². The van der Waals surface area contributed by atoms with E-state index in [-0.39, 0.29) is 0 Å². The first-order valence-corrected chi connectivity index (χ1v) is 11.5. The van der Waals surface area contributed by atoms with Gasteiger partial charge in [0.1, 0.15) is 0 Å². The van der Waals surface area contributed by atoms with Crippen LogP contribution in [0.4, 0.5) is 0 Å². The van der Waals surface area contributed by atoms with Crippen molar-refractivity contribution in [3.63, 3.8) is 0 Å². The summed E-state index contributed by atoms with van der Waals surface area (Å²) < 4.78 is 1.12. The molecule has 0 fully saturated rings. The molecule has 0 amide bonds. The molecule has 6 heteroatoms. The molecule has 1 unspecified atom stereocenters. The molecule has 0 aliphatic carbocycles. The van der Waals surface area contributed by atoms with Gasteiger partial charge in [-0.05, 0) is 12.8 Å². The zero-order valence-electron chi connectivity index (χ0n) is 19.5. The van der Waals surface area contributed by atoms with Gasteiger partial charge in [-0.1, -0.05) is 84.0 Å². The Hall–Kier alpha value is -1.14. The third-order valence-electron chi connectivity index (χ3n) is 4.84. The minimum atomic E-state index is -1.79. The molecule has 0 spiro atoms. The SMILES string of the molecule is CCCCCCCCCCCCCCCC[N+](C)(C)C.O=C(O)CC(O)C(=O)O. The van der Waals surface area contributed by atoms with Crippen molar-refractivity contribution in [3.05, 3.63) is 0 Å². The van der Waals surface area contributed by atoms with Crippen LogP contribution in [-0.4, -0.2) is 65.5 Å². The van der Waals surface area contributed by atoms with E-state index in [0.717, 1.165) is 4.48 Å². The smallest absolute Gasteiger partial charge is 0.333 e. The minimum Gasteiger partial charge on any atom is -0.481 e. The third kappa shape index (κ3) is 29.2. The van der Waals surface area contributed by atoms with E-state index in [0.29, 0.717) is 0 Å². The molecule has 29 heavy (non-hydrogen) atoms. The van der Waals surface area contributed by atoms with Gasteiger partial charge in [-0.3, -0.25) is 4.79 Å². The number of quaternary nitrogens is 1. The maximum absolute atomic E-state index is 9.72. The Balaban J connectivity index is 0. The lowest BCUT2D eigenvalue weighted by Gasteiger charge is -2.23. The Morgan fingerprint density at radius 2 is 1.03 bits per heavy atom. The third-order valence-corrected chi connectivity index (χ3v) is 4.84. The normalized spacial score (nSPS) is 12.2. The van der Waals surface area contributed by atoms with Crippen molar-refractivity contribution in [2.45, 2.75) is 109 Å². The van der Waals surface area contributed by atoms with Gasteiger partial charge in [0.15, 0.2) is 6.10 Å². The lowest BCUT2D eigenvalue weighted by molar-refractivity contribution is -0.870. The molecule has 0 aromatic heterocycles. The van der Waals surface area contributed by atoms with E-state index in [4.69, 9.17) is 15.3 Å². The van der Waals surface area contributed by atoms with Crippen LogP contribution in [0.25, 0.3) is 0 Å². The summed E-state index contributed by atoms with van der Waals surface area (Å²) in [5.41, 5.74) is 0. The van der Waals surface area contributed by atoms with E-state index in [1.54, 1.807) is 0 Å². The summed E-state index contributed by atoms with van der Waals surface area (Å²) >= 11 is 0. The van der Waals surface area contributed by atoms with Crippen molar-refractivity contribution < 1.29 is 29.4 Å². The highest BCUT2D eigenvalue weighted by Crippen LogP contribution is 2.13. The average Bonchev–Trinajstić information content (AvgIpc) is 2.61. The molecule has 6 nitrogen and oxygen atoms in total. The number of hydrogen-bond acceptors (Lipinski definition) is 3. The molecule has 0 saturated heterocycles. The van der Waals surface area contributed by atoms with Gasteiger partial charge in [0.05, 0.1) is 34.1 Å². The maximum Gasteiger partial charge on any atom is 0.333 e. The standard InChI is InChI=1S/C19H42N.C4H6O5/c1-5-6-7-8-9-10-11-12-13-14-15-16-17-18-19-20(2,3)4;5-2(4(8)9)1-3(6)7/h5-19H2,1-4H3;2,5H,1H2,(H,6,7)(H,8,9)/q+1;. The van der Waals surface area contributed by atoms with E-state index < -0.39 is 24.5 Å². The van der Waals surface area contributed by atoms with Crippen LogP contribution in [0.15, 0.2) is 0 Å². The predicted molar refractivity (Wildman–Crippen MR) is 119 cm³/mol. The van der Waals surface area contributed by atoms with Gasteiger partial charge < -0.3 is 19.8 Å². The monoisotopic (exact) mass is 418 g/mol. The summed E-state index contributed by atoms with van der Waals surface area (Å²) in [5.74, 6) is -2.85. The quantitative estimate of drug-likeness (QED) is 0.213. The Kier molecular flexibility index (Phi) is 20.9. The molecule has 0 aliphatic heterocycles. The molecule has 1 atom stereocenters. The zero-order chi connectivity index (χ0) is 22.5. The fourth-order valence-electron chi connectivity index (χ4n) is 3.03. The summed E-state index contributed by atoms with van der Waals surface area (Å²) in [5, 5.41) is 24.1. The number of nitrogens with zero attached hydrogens (tertiary/aromatic N) is 1. The molecule has 0 heterocycles. The highest BCUT2D eigenvalue weighted by atomic mass is 16.4. The summed E-state index contributed by atoms with van der Waals surface area (Å²) in [6, 6.07) is 0. The molecule has 174 valence electrons. The molecular formula is C23H48NO5+. The minimum absolute atomic E-state index is 0.755. The second-order valence-corrected chi connectivity index (χ2v) is 9.06. The van der Waals surface area contributed by atoms with Crippen molar-refractivity contribution in [2.75, 3.05) is 27.7 Å². The zero-order valence-corrected chi connectivity index (χ0v) is 19.5. The van der Waals surface area contributed by atoms with E-state index in [1.165, 1.54) is 96.4 Å². The number of unbranched alkanes of at least 4 members (excludes halogenated alkanes) is 13. The van der Waals surface area contributed by atoms with Gasteiger partial charge in [-0.25, -0.2) is 4.79 Å². The van der Waals surface area contributed by atoms with Gasteiger partial charge in [0.2, 0.25) is 0 Å². The van der Waals surface area contributed by atoms with Crippen molar-refractivity contribution in [1.82, 2.24) is 0 Å². The largest absolute Gasteiger partial charge is 0.481 e. The molecule has 0 saturated carbocycles. The average molecular weight is 419 g/mol. The number of carboxylic acids is 2. The van der Waals surface area contributed by atoms with Gasteiger partial charge in [0, 0.05) is 0 Å². The van der Waals surface area contributed by atoms with Crippen molar-refractivity contribution in [3.8, 4) is 0 Å². The molecular weight excluding hydrogens is 370 g/mol. The Bertz CT molecular complexity index is 393. The van der Waals surface area contributed by atoms with Crippen LogP contribution in [0.3, 0.4) is 0 Å². The van der Waals surface area contributed by atoms with Gasteiger partial charge in [0.25, 0.3) is 0 Å². The van der Waals surface area contributed by atoms with Crippen LogP contribution in [0, 0.1) is 0 Å². The molecule has 0 aromatic rings. The fourth-order valence-corrected chi connectivity index (χ4v) is 3.03. The number of aliphatic hydroxyl groups is 1. The van der Waals surface area contributed by atoms with Crippen LogP contribution in [0.1, 0.15) is 103 Å². The van der Waals surface area contributed by atoms with Crippen molar-refractivity contribution in [1.29, 1.82) is 0 Å². The van der Waals surface area contributed by atoms with Gasteiger partial charge in [-0.2, -0.15) is 0 Å². The highest BCUT2D eigenvalue weighted by Gasteiger charge is 2.16. The predicted octanol–water partition coefficient (Wildman–Crippen LogP) is 5.08. The van der Waals surface area contributed by atoms with E-state index >= 15 is 0 Å². The molecule has 0 aromatic carbocycles. The first kappa shape index (κ1) is 30.1. The van der Waals surface area contributed by atoms with Crippen LogP contribution in [-0.2, 0) is 9.59 Å². The summed E-state index contributed by atoms with van der Waals surface area (Å²) in [4.78, 5) is 19.4. The fraction of sp³-hybridized carbons (Fsp3) is 0.913. The van der Waals surface area contributed by atoms with Gasteiger partial charge >= 0.3 is 11.9 Å². The highest BCUT2D eigenvalue weighted by molar-refractivity contribution is 5.79. The molecule has 0 radical (unpaired) electrons. The second kappa shape index (κ2) is 20.1. The van der Waals surface area contributed by atoms with Crippen LogP contribution >= 0.6 is 0 Å². The molecule has 0 rings (SSSR count). The lowest BCUT2D eigenvalue weighted by Crippen LogP contribution is -2.35. The Morgan fingerprint density at radius 1 is 0.690 bits per heavy atom. The molecule has 0 bridgehead atoms. The van der Waals surface area contributed by atoms with Crippen LogP contribution in [0.5, 0.6) is 0 Å². The van der Waals surface area contributed by atoms with Crippen LogP contribution < -0.4 is 0 Å². The molecule has 3 N–H and O–H groups in total. The van der Waals surface area contributed by atoms with Crippen molar-refractivity contribution in [2.24, 2.45) is 0 Å². The number of aliphatic carboxylic acids is 2. The van der Waals surface area contributed by atoms with Crippen LogP contribution in [0.2, 0.25) is 0 Å². The maximum atomic E-state index is 9.72. The summed E-state index contributed by atoms with van der Waals surface area (Å²) in [7, 11) is 6.88. The molecule has 0 aliphatic rings. The summed E-state index contributed by atoms with van der Waals surface area (Å²) in [6.45, 7) is 3.63. The number of rotatable bonds is 18. The number of carbonyl (C=O) groups is 2. The van der Waals surface area contributed by atoms with E-state index in [1.807, 2.05) is 0 Å². The second-order valence-electron chi connectivity index (χ2n) is 9.06. The number of aliphatic hydroxyl groups excluding tert-OH is 1.